The molecule has 0 heterocycles. The van der Waals surface area contributed by atoms with Crippen molar-refractivity contribution in [1.29, 1.82) is 0 Å². The number of aryl methyl sites for hydroxylation is 2. The minimum Gasteiger partial charge on any atom is -0.493 e. The zero-order chi connectivity index (χ0) is 23.9. The highest BCUT2D eigenvalue weighted by Gasteiger charge is 2.32. The molecule has 1 aliphatic rings. The van der Waals surface area contributed by atoms with Crippen LogP contribution in [0.5, 0.6) is 5.75 Å². The zero-order valence-corrected chi connectivity index (χ0v) is 21.1. The lowest BCUT2D eigenvalue weighted by Gasteiger charge is -2.34. The normalized spacial score (nSPS) is 15.6. The first-order valence-electron chi connectivity index (χ1n) is 12.8. The van der Waals surface area contributed by atoms with E-state index in [9.17, 15) is 5.11 Å². The fraction of sp³-hybridized carbons (Fsp3) is 0.533. The van der Waals surface area contributed by atoms with Gasteiger partial charge in [-0.2, -0.15) is 0 Å². The average Bonchev–Trinajstić information content (AvgIpc) is 2.79. The van der Waals surface area contributed by atoms with Crippen molar-refractivity contribution < 1.29 is 9.84 Å². The average molecular weight is 450 g/mol. The number of rotatable bonds is 12. The summed E-state index contributed by atoms with van der Waals surface area (Å²) in [4.78, 5) is 0. The zero-order valence-electron chi connectivity index (χ0n) is 21.1. The Morgan fingerprint density at radius 3 is 2.18 bits per heavy atom. The standard InChI is InChI=1S/C30H43NO2/c1-5-30(6-2,27-13-14-28(24(4)22-27)33-20-9-7-8-19-31)26-12-11-25(23(3)21-26)15-18-29(32)16-10-17-29/h11-15,18,21-22,32H,5-10,16-17,19-20,31H2,1-4H3/b18-15+. The molecule has 3 rings (SSSR count). The number of ether oxygens (including phenoxy) is 1. The molecule has 180 valence electrons. The Kier molecular flexibility index (Phi) is 8.78. The van der Waals surface area contributed by atoms with E-state index in [1.807, 2.05) is 6.08 Å². The van der Waals surface area contributed by atoms with Gasteiger partial charge in [0, 0.05) is 5.41 Å². The molecular weight excluding hydrogens is 406 g/mol. The first-order valence-corrected chi connectivity index (χ1v) is 12.8. The van der Waals surface area contributed by atoms with Crippen molar-refractivity contribution in [3.63, 3.8) is 0 Å². The summed E-state index contributed by atoms with van der Waals surface area (Å²) in [6, 6.07) is 13.6. The van der Waals surface area contributed by atoms with Gasteiger partial charge in [-0.15, -0.1) is 0 Å². The van der Waals surface area contributed by atoms with Gasteiger partial charge in [0.25, 0.3) is 0 Å². The Labute approximate surface area is 201 Å². The Bertz CT molecular complexity index is 938. The summed E-state index contributed by atoms with van der Waals surface area (Å²) >= 11 is 0. The highest BCUT2D eigenvalue weighted by Crippen LogP contribution is 2.41. The number of unbranched alkanes of at least 4 members (excludes halogenated alkanes) is 2. The molecule has 33 heavy (non-hydrogen) atoms. The van der Waals surface area contributed by atoms with Crippen LogP contribution in [0.3, 0.4) is 0 Å². The molecule has 3 N–H and O–H groups in total. The molecule has 2 aromatic carbocycles. The summed E-state index contributed by atoms with van der Waals surface area (Å²) in [5.41, 5.74) is 11.3. The number of hydrogen-bond donors (Lipinski definition) is 2. The van der Waals surface area contributed by atoms with Gasteiger partial charge in [-0.3, -0.25) is 0 Å². The lowest BCUT2D eigenvalue weighted by Crippen LogP contribution is -2.33. The molecule has 2 aromatic rings. The lowest BCUT2D eigenvalue weighted by molar-refractivity contribution is 0.0150. The van der Waals surface area contributed by atoms with Crippen molar-refractivity contribution in [2.75, 3.05) is 13.2 Å². The maximum atomic E-state index is 10.4. The number of hydrogen-bond acceptors (Lipinski definition) is 3. The second kappa shape index (κ2) is 11.4. The molecular formula is C30H43NO2. The van der Waals surface area contributed by atoms with E-state index in [4.69, 9.17) is 10.5 Å². The first-order chi connectivity index (χ1) is 15.9. The topological polar surface area (TPSA) is 55.5 Å². The van der Waals surface area contributed by atoms with Gasteiger partial charge in [0.2, 0.25) is 0 Å². The minimum absolute atomic E-state index is 0.0242. The summed E-state index contributed by atoms with van der Waals surface area (Å²) in [5.74, 6) is 0.984. The van der Waals surface area contributed by atoms with Crippen LogP contribution >= 0.6 is 0 Å². The SMILES string of the molecule is CCC(CC)(c1ccc(/C=C/C2(O)CCC2)c(C)c1)c1ccc(OCCCCCN)c(C)c1. The van der Waals surface area contributed by atoms with Gasteiger partial charge < -0.3 is 15.6 Å². The van der Waals surface area contributed by atoms with Crippen molar-refractivity contribution in [2.24, 2.45) is 5.73 Å². The maximum absolute atomic E-state index is 10.4. The van der Waals surface area contributed by atoms with E-state index in [0.717, 1.165) is 70.3 Å². The van der Waals surface area contributed by atoms with Gasteiger partial charge in [0.15, 0.2) is 0 Å². The maximum Gasteiger partial charge on any atom is 0.122 e. The molecule has 0 aromatic heterocycles. The van der Waals surface area contributed by atoms with Crippen LogP contribution in [0.25, 0.3) is 6.08 Å². The van der Waals surface area contributed by atoms with Crippen LogP contribution in [0.1, 0.15) is 93.0 Å². The Hall–Kier alpha value is -2.10. The van der Waals surface area contributed by atoms with Crippen molar-refractivity contribution in [2.45, 2.75) is 90.1 Å². The highest BCUT2D eigenvalue weighted by molar-refractivity contribution is 5.57. The molecule has 0 aliphatic heterocycles. The van der Waals surface area contributed by atoms with E-state index >= 15 is 0 Å². The summed E-state index contributed by atoms with van der Waals surface area (Å²) in [7, 11) is 0. The van der Waals surface area contributed by atoms with Crippen molar-refractivity contribution in [1.82, 2.24) is 0 Å². The fourth-order valence-corrected chi connectivity index (χ4v) is 5.06. The second-order valence-electron chi connectivity index (χ2n) is 9.83. The molecule has 0 unspecified atom stereocenters. The first kappa shape index (κ1) is 25.5. The van der Waals surface area contributed by atoms with E-state index in [2.05, 4.69) is 70.2 Å². The quantitative estimate of drug-likeness (QED) is 0.349. The third kappa shape index (κ3) is 5.88. The molecule has 3 nitrogen and oxygen atoms in total. The van der Waals surface area contributed by atoms with Crippen molar-refractivity contribution in [3.05, 3.63) is 70.3 Å². The predicted molar refractivity (Wildman–Crippen MR) is 140 cm³/mol. The van der Waals surface area contributed by atoms with Crippen LogP contribution in [0, 0.1) is 13.8 Å². The van der Waals surface area contributed by atoms with Crippen molar-refractivity contribution in [3.8, 4) is 5.75 Å². The van der Waals surface area contributed by atoms with Crippen LogP contribution in [0.4, 0.5) is 0 Å². The summed E-state index contributed by atoms with van der Waals surface area (Å²) in [6.07, 6.45) is 12.3. The summed E-state index contributed by atoms with van der Waals surface area (Å²) < 4.78 is 6.06. The Balaban J connectivity index is 1.81. The van der Waals surface area contributed by atoms with Crippen LogP contribution in [-0.2, 0) is 5.41 Å². The van der Waals surface area contributed by atoms with Crippen LogP contribution < -0.4 is 10.5 Å². The van der Waals surface area contributed by atoms with E-state index in [1.54, 1.807) is 0 Å². The molecule has 0 spiro atoms. The Morgan fingerprint density at radius 1 is 0.970 bits per heavy atom. The Morgan fingerprint density at radius 2 is 1.64 bits per heavy atom. The molecule has 0 amide bonds. The molecule has 0 atom stereocenters. The fourth-order valence-electron chi connectivity index (χ4n) is 5.06. The molecule has 3 heteroatoms. The van der Waals surface area contributed by atoms with Crippen molar-refractivity contribution >= 4 is 6.08 Å². The summed E-state index contributed by atoms with van der Waals surface area (Å²) in [6.45, 7) is 10.4. The van der Waals surface area contributed by atoms with Crippen LogP contribution in [0.2, 0.25) is 0 Å². The van der Waals surface area contributed by atoms with Gasteiger partial charge in [-0.1, -0.05) is 56.3 Å². The molecule has 0 bridgehead atoms. The van der Waals surface area contributed by atoms with E-state index in [0.29, 0.717) is 0 Å². The molecule has 0 saturated heterocycles. The van der Waals surface area contributed by atoms with Crippen LogP contribution in [-0.4, -0.2) is 23.9 Å². The number of aliphatic hydroxyl groups is 1. The van der Waals surface area contributed by atoms with Gasteiger partial charge in [0.1, 0.15) is 5.75 Å². The molecule has 1 saturated carbocycles. The smallest absolute Gasteiger partial charge is 0.122 e. The number of nitrogens with two attached hydrogens (primary N) is 1. The van der Waals surface area contributed by atoms with E-state index in [-0.39, 0.29) is 5.41 Å². The van der Waals surface area contributed by atoms with E-state index in [1.165, 1.54) is 27.8 Å². The largest absolute Gasteiger partial charge is 0.493 e. The third-order valence-electron chi connectivity index (χ3n) is 7.66. The number of benzene rings is 2. The second-order valence-corrected chi connectivity index (χ2v) is 9.83. The lowest BCUT2D eigenvalue weighted by atomic mass is 9.70. The molecule has 1 aliphatic carbocycles. The molecule has 0 radical (unpaired) electrons. The third-order valence-corrected chi connectivity index (χ3v) is 7.66. The molecule has 1 fully saturated rings. The van der Waals surface area contributed by atoms with E-state index < -0.39 is 5.60 Å². The van der Waals surface area contributed by atoms with Gasteiger partial charge >= 0.3 is 0 Å². The highest BCUT2D eigenvalue weighted by atomic mass is 16.5. The minimum atomic E-state index is -0.590. The van der Waals surface area contributed by atoms with Crippen LogP contribution in [0.15, 0.2) is 42.5 Å². The monoisotopic (exact) mass is 449 g/mol. The summed E-state index contributed by atoms with van der Waals surface area (Å²) in [5, 5.41) is 10.4. The van der Waals surface area contributed by atoms with Gasteiger partial charge in [0.05, 0.1) is 12.2 Å². The van der Waals surface area contributed by atoms with Gasteiger partial charge in [-0.25, -0.2) is 0 Å². The predicted octanol–water partition coefficient (Wildman–Crippen LogP) is 6.85. The van der Waals surface area contributed by atoms with Gasteiger partial charge in [-0.05, 0) is 106 Å².